The number of carbonyl (C=O) groups is 1. The summed E-state index contributed by atoms with van der Waals surface area (Å²) in [7, 11) is 1.93. The van der Waals surface area contributed by atoms with Gasteiger partial charge in [-0.25, -0.2) is 9.37 Å². The van der Waals surface area contributed by atoms with Crippen molar-refractivity contribution < 1.29 is 13.6 Å². The van der Waals surface area contributed by atoms with Crippen molar-refractivity contribution in [3.8, 4) is 0 Å². The number of hydrogen-bond acceptors (Lipinski definition) is 5. The number of nitrogens with zero attached hydrogens (tertiary/aromatic N) is 4. The summed E-state index contributed by atoms with van der Waals surface area (Å²) in [4.78, 5) is 25.3. The first-order valence-corrected chi connectivity index (χ1v) is 10.1. The fourth-order valence-electron chi connectivity index (χ4n) is 3.91. The fourth-order valence-corrected chi connectivity index (χ4v) is 3.91. The molecule has 156 valence electrons. The molecule has 2 aromatic heterocycles. The van der Waals surface area contributed by atoms with Gasteiger partial charge in [0.1, 0.15) is 17.6 Å². The predicted octanol–water partition coefficient (Wildman–Crippen LogP) is 3.60. The first-order chi connectivity index (χ1) is 14.6. The standard InChI is InChI=1S/C23H25FN4O2/c1-27(15-18-6-3-9-25-13-18)16-22(29)28-10-4-8-21(28)23-26-14-20(30-23)12-17-5-2-7-19(24)11-17/h2-3,5-7,9,11,13-14,21H,4,8,10,12,15-16H2,1H3/t21-/m1/s1. The van der Waals surface area contributed by atoms with E-state index in [0.717, 1.165) is 24.0 Å². The second-order valence-corrected chi connectivity index (χ2v) is 7.75. The van der Waals surface area contributed by atoms with Gasteiger partial charge in [0.25, 0.3) is 0 Å². The van der Waals surface area contributed by atoms with Gasteiger partial charge in [-0.05, 0) is 49.2 Å². The summed E-state index contributed by atoms with van der Waals surface area (Å²) in [6, 6.07) is 10.2. The molecule has 0 N–H and O–H groups in total. The second kappa shape index (κ2) is 9.17. The minimum atomic E-state index is -0.268. The third-order valence-electron chi connectivity index (χ3n) is 5.28. The van der Waals surface area contributed by atoms with Crippen molar-refractivity contribution in [1.29, 1.82) is 0 Å². The summed E-state index contributed by atoms with van der Waals surface area (Å²) in [5.74, 6) is 1.02. The average Bonchev–Trinajstić information content (AvgIpc) is 3.38. The highest BCUT2D eigenvalue weighted by molar-refractivity contribution is 5.79. The van der Waals surface area contributed by atoms with Crippen LogP contribution in [-0.2, 0) is 17.8 Å². The van der Waals surface area contributed by atoms with E-state index in [1.54, 1.807) is 18.5 Å². The highest BCUT2D eigenvalue weighted by atomic mass is 19.1. The van der Waals surface area contributed by atoms with Crippen LogP contribution in [0.1, 0.15) is 41.7 Å². The van der Waals surface area contributed by atoms with E-state index in [9.17, 15) is 9.18 Å². The Morgan fingerprint density at radius 3 is 2.93 bits per heavy atom. The molecule has 1 aliphatic rings. The zero-order chi connectivity index (χ0) is 20.9. The van der Waals surface area contributed by atoms with Crippen LogP contribution < -0.4 is 0 Å². The summed E-state index contributed by atoms with van der Waals surface area (Å²) in [6.07, 6.45) is 7.45. The summed E-state index contributed by atoms with van der Waals surface area (Å²) in [5.41, 5.74) is 1.90. The van der Waals surface area contributed by atoms with Crippen LogP contribution in [0.3, 0.4) is 0 Å². The van der Waals surface area contributed by atoms with Gasteiger partial charge in [-0.3, -0.25) is 14.7 Å². The molecule has 0 saturated carbocycles. The number of rotatable bonds is 7. The van der Waals surface area contributed by atoms with Gasteiger partial charge in [0, 0.05) is 31.9 Å². The molecule has 0 unspecified atom stereocenters. The van der Waals surface area contributed by atoms with Gasteiger partial charge in [0.15, 0.2) is 0 Å². The van der Waals surface area contributed by atoms with Crippen molar-refractivity contribution >= 4 is 5.91 Å². The maximum absolute atomic E-state index is 13.4. The minimum absolute atomic E-state index is 0.0637. The van der Waals surface area contributed by atoms with Gasteiger partial charge in [0.2, 0.25) is 11.8 Å². The van der Waals surface area contributed by atoms with E-state index in [4.69, 9.17) is 4.42 Å². The molecule has 0 radical (unpaired) electrons. The summed E-state index contributed by atoms with van der Waals surface area (Å²) >= 11 is 0. The molecule has 7 heteroatoms. The Kier molecular flexibility index (Phi) is 6.18. The molecule has 6 nitrogen and oxygen atoms in total. The van der Waals surface area contributed by atoms with Crippen molar-refractivity contribution in [2.75, 3.05) is 20.1 Å². The Hall–Kier alpha value is -3.06. The molecule has 30 heavy (non-hydrogen) atoms. The van der Waals surface area contributed by atoms with E-state index < -0.39 is 0 Å². The van der Waals surface area contributed by atoms with Crippen LogP contribution >= 0.6 is 0 Å². The number of carbonyl (C=O) groups excluding carboxylic acids is 1. The monoisotopic (exact) mass is 408 g/mol. The van der Waals surface area contributed by atoms with Gasteiger partial charge in [0.05, 0.1) is 12.7 Å². The van der Waals surface area contributed by atoms with Crippen LogP contribution in [0.5, 0.6) is 0 Å². The number of aromatic nitrogens is 2. The zero-order valence-corrected chi connectivity index (χ0v) is 17.0. The molecule has 0 aliphatic carbocycles. The van der Waals surface area contributed by atoms with Crippen molar-refractivity contribution in [1.82, 2.24) is 19.8 Å². The molecule has 1 saturated heterocycles. The molecule has 1 atom stereocenters. The number of oxazole rings is 1. The molecule has 1 amide bonds. The van der Waals surface area contributed by atoms with E-state index in [1.165, 1.54) is 12.1 Å². The number of amides is 1. The Balaban J connectivity index is 1.38. The van der Waals surface area contributed by atoms with E-state index in [1.807, 2.05) is 41.2 Å². The maximum Gasteiger partial charge on any atom is 0.237 e. The summed E-state index contributed by atoms with van der Waals surface area (Å²) in [5, 5.41) is 0. The van der Waals surface area contributed by atoms with Gasteiger partial charge in [-0.15, -0.1) is 0 Å². The second-order valence-electron chi connectivity index (χ2n) is 7.75. The average molecular weight is 408 g/mol. The lowest BCUT2D eigenvalue weighted by atomic mass is 10.1. The lowest BCUT2D eigenvalue weighted by molar-refractivity contribution is -0.133. The number of pyridine rings is 1. The van der Waals surface area contributed by atoms with Crippen molar-refractivity contribution in [3.05, 3.63) is 83.6 Å². The molecule has 1 fully saturated rings. The molecule has 4 rings (SSSR count). The van der Waals surface area contributed by atoms with Gasteiger partial charge < -0.3 is 9.32 Å². The normalized spacial score (nSPS) is 16.4. The van der Waals surface area contributed by atoms with Crippen LogP contribution in [0.25, 0.3) is 0 Å². The molecule has 0 bridgehead atoms. The lowest BCUT2D eigenvalue weighted by Crippen LogP contribution is -2.38. The highest BCUT2D eigenvalue weighted by Gasteiger charge is 2.33. The van der Waals surface area contributed by atoms with E-state index in [-0.39, 0.29) is 17.8 Å². The third kappa shape index (κ3) is 4.91. The number of likely N-dealkylation sites (N-methyl/N-ethyl adjacent to an activating group) is 1. The Morgan fingerprint density at radius 1 is 1.27 bits per heavy atom. The quantitative estimate of drug-likeness (QED) is 0.598. The first kappa shape index (κ1) is 20.2. The largest absolute Gasteiger partial charge is 0.443 e. The zero-order valence-electron chi connectivity index (χ0n) is 17.0. The van der Waals surface area contributed by atoms with Gasteiger partial charge in [-0.1, -0.05) is 18.2 Å². The number of likely N-dealkylation sites (tertiary alicyclic amines) is 1. The Morgan fingerprint density at radius 2 is 2.13 bits per heavy atom. The predicted molar refractivity (Wildman–Crippen MR) is 110 cm³/mol. The number of benzene rings is 1. The highest BCUT2D eigenvalue weighted by Crippen LogP contribution is 2.32. The minimum Gasteiger partial charge on any atom is -0.443 e. The number of hydrogen-bond donors (Lipinski definition) is 0. The molecule has 0 spiro atoms. The SMILES string of the molecule is CN(CC(=O)N1CCC[C@@H]1c1ncc(Cc2cccc(F)c2)o1)Cc1cccnc1. The van der Waals surface area contributed by atoms with E-state index >= 15 is 0 Å². The van der Waals surface area contributed by atoms with Crippen molar-refractivity contribution in [2.24, 2.45) is 0 Å². The number of halogens is 1. The van der Waals surface area contributed by atoms with Gasteiger partial charge in [-0.2, -0.15) is 0 Å². The van der Waals surface area contributed by atoms with Crippen LogP contribution in [0.4, 0.5) is 4.39 Å². The third-order valence-corrected chi connectivity index (χ3v) is 5.28. The summed E-state index contributed by atoms with van der Waals surface area (Å²) in [6.45, 7) is 1.68. The maximum atomic E-state index is 13.4. The molecule has 3 heterocycles. The van der Waals surface area contributed by atoms with Crippen LogP contribution in [0, 0.1) is 5.82 Å². The Labute approximate surface area is 175 Å². The van der Waals surface area contributed by atoms with Crippen LogP contribution in [0.15, 0.2) is 59.4 Å². The smallest absolute Gasteiger partial charge is 0.237 e. The molecule has 1 aliphatic heterocycles. The van der Waals surface area contributed by atoms with Crippen molar-refractivity contribution in [3.63, 3.8) is 0 Å². The summed E-state index contributed by atoms with van der Waals surface area (Å²) < 4.78 is 19.3. The van der Waals surface area contributed by atoms with E-state index in [2.05, 4.69) is 9.97 Å². The molecule has 3 aromatic rings. The molecular formula is C23H25FN4O2. The van der Waals surface area contributed by atoms with E-state index in [0.29, 0.717) is 37.7 Å². The molecule has 1 aromatic carbocycles. The lowest BCUT2D eigenvalue weighted by Gasteiger charge is -2.25. The topological polar surface area (TPSA) is 62.5 Å². The van der Waals surface area contributed by atoms with Crippen molar-refractivity contribution in [2.45, 2.75) is 31.8 Å². The van der Waals surface area contributed by atoms with Crippen LogP contribution in [0.2, 0.25) is 0 Å². The molecular weight excluding hydrogens is 383 g/mol. The van der Waals surface area contributed by atoms with Crippen LogP contribution in [-0.4, -0.2) is 45.8 Å². The van der Waals surface area contributed by atoms with Gasteiger partial charge >= 0.3 is 0 Å². The Bertz CT molecular complexity index is 992. The fraction of sp³-hybridized carbons (Fsp3) is 0.348. The first-order valence-electron chi connectivity index (χ1n) is 10.1.